The van der Waals surface area contributed by atoms with Gasteiger partial charge in [0.05, 0.1) is 0 Å². The predicted octanol–water partition coefficient (Wildman–Crippen LogP) is 1.28. The molecule has 0 fully saturated rings. The predicted molar refractivity (Wildman–Crippen MR) is 82.4 cm³/mol. The van der Waals surface area contributed by atoms with Crippen LogP contribution in [-0.2, 0) is 17.1 Å². The highest BCUT2D eigenvalue weighted by Gasteiger charge is 2.19. The molecular weight excluding hydrogens is 323 g/mol. The third-order valence-electron chi connectivity index (χ3n) is 3.36. The number of benzene rings is 1. The van der Waals surface area contributed by atoms with Crippen LogP contribution in [0.1, 0.15) is 5.82 Å². The molecule has 0 aliphatic heterocycles. The van der Waals surface area contributed by atoms with Crippen LogP contribution in [0.15, 0.2) is 46.2 Å². The highest BCUT2D eigenvalue weighted by molar-refractivity contribution is 7.92. The summed E-state index contributed by atoms with van der Waals surface area (Å²) in [6, 6.07) is 6.21. The van der Waals surface area contributed by atoms with Gasteiger partial charge in [0, 0.05) is 18.9 Å². The molecule has 0 spiro atoms. The number of sulfonamides is 1. The molecule has 1 N–H and O–H groups in total. The third kappa shape index (κ3) is 2.70. The average molecular weight is 336 g/mol. The lowest BCUT2D eigenvalue weighted by molar-refractivity contribution is 0.601. The van der Waals surface area contributed by atoms with E-state index in [0.717, 1.165) is 16.8 Å². The molecule has 23 heavy (non-hydrogen) atoms. The van der Waals surface area contributed by atoms with Gasteiger partial charge in [0.25, 0.3) is 15.6 Å². The number of aryl methyl sites for hydroxylation is 2. The number of nitrogens with zero attached hydrogens (tertiary/aromatic N) is 3. The second-order valence-electron chi connectivity index (χ2n) is 5.02. The molecule has 0 saturated carbocycles. The van der Waals surface area contributed by atoms with E-state index in [1.807, 2.05) is 0 Å². The van der Waals surface area contributed by atoms with Crippen LogP contribution in [0.5, 0.6) is 0 Å². The van der Waals surface area contributed by atoms with Crippen molar-refractivity contribution in [2.45, 2.75) is 11.8 Å². The van der Waals surface area contributed by atoms with Crippen molar-refractivity contribution in [1.82, 2.24) is 14.2 Å². The molecular formula is C14H13FN4O3S. The minimum absolute atomic E-state index is 0.0741. The molecule has 0 radical (unpaired) electrons. The first kappa shape index (κ1) is 15.2. The van der Waals surface area contributed by atoms with Crippen LogP contribution in [0.25, 0.3) is 5.52 Å². The van der Waals surface area contributed by atoms with Gasteiger partial charge in [-0.25, -0.2) is 17.5 Å². The molecule has 0 aliphatic rings. The van der Waals surface area contributed by atoms with E-state index >= 15 is 0 Å². The number of hydrogen-bond donors (Lipinski definition) is 1. The second kappa shape index (κ2) is 5.20. The molecule has 0 aliphatic carbocycles. The van der Waals surface area contributed by atoms with Crippen molar-refractivity contribution in [1.29, 1.82) is 0 Å². The number of nitrogens with one attached hydrogen (secondary N) is 1. The van der Waals surface area contributed by atoms with Gasteiger partial charge >= 0.3 is 0 Å². The van der Waals surface area contributed by atoms with Gasteiger partial charge in [0.2, 0.25) is 0 Å². The maximum absolute atomic E-state index is 12.9. The monoisotopic (exact) mass is 336 g/mol. The molecule has 0 atom stereocenters. The fourth-order valence-corrected chi connectivity index (χ4v) is 3.30. The standard InChI is InChI=1S/C14H13FN4O3S/c1-9-16-18(2)14(20)13-7-12(8-19(9)13)23(21,22)17-11-5-3-10(15)4-6-11/h3-8,17H,1-2H3. The average Bonchev–Trinajstić information content (AvgIpc) is 2.94. The summed E-state index contributed by atoms with van der Waals surface area (Å²) in [7, 11) is -2.41. The largest absolute Gasteiger partial charge is 0.298 e. The summed E-state index contributed by atoms with van der Waals surface area (Å²) in [5.74, 6) is 0.0121. The minimum Gasteiger partial charge on any atom is -0.298 e. The number of fused-ring (bicyclic) bond motifs is 1. The Labute approximate surface area is 131 Å². The fraction of sp³-hybridized carbons (Fsp3) is 0.143. The summed E-state index contributed by atoms with van der Waals surface area (Å²) in [5.41, 5.74) is 0.0303. The fourth-order valence-electron chi connectivity index (χ4n) is 2.23. The van der Waals surface area contributed by atoms with Crippen LogP contribution in [0, 0.1) is 12.7 Å². The van der Waals surface area contributed by atoms with Crippen LogP contribution in [0.4, 0.5) is 10.1 Å². The van der Waals surface area contributed by atoms with Crippen LogP contribution in [0.2, 0.25) is 0 Å². The third-order valence-corrected chi connectivity index (χ3v) is 4.71. The van der Waals surface area contributed by atoms with Gasteiger partial charge in [-0.3, -0.25) is 13.9 Å². The van der Waals surface area contributed by atoms with E-state index in [1.165, 1.54) is 35.8 Å². The molecule has 0 unspecified atom stereocenters. The molecule has 0 saturated heterocycles. The normalized spacial score (nSPS) is 11.8. The summed E-state index contributed by atoms with van der Waals surface area (Å²) in [4.78, 5) is 12.0. The van der Waals surface area contributed by atoms with Crippen molar-refractivity contribution in [3.05, 3.63) is 58.5 Å². The number of halogens is 1. The number of hydrogen-bond acceptors (Lipinski definition) is 4. The Morgan fingerprint density at radius 3 is 2.52 bits per heavy atom. The van der Waals surface area contributed by atoms with Crippen LogP contribution >= 0.6 is 0 Å². The van der Waals surface area contributed by atoms with E-state index in [9.17, 15) is 17.6 Å². The van der Waals surface area contributed by atoms with Crippen molar-refractivity contribution in [3.8, 4) is 0 Å². The molecule has 0 amide bonds. The van der Waals surface area contributed by atoms with Gasteiger partial charge < -0.3 is 0 Å². The van der Waals surface area contributed by atoms with Gasteiger partial charge in [0.15, 0.2) is 0 Å². The molecule has 1 aromatic carbocycles. The summed E-state index contributed by atoms with van der Waals surface area (Å²) in [6.07, 6.45) is 1.32. The van der Waals surface area contributed by atoms with E-state index in [0.29, 0.717) is 5.82 Å². The van der Waals surface area contributed by atoms with E-state index < -0.39 is 21.4 Å². The van der Waals surface area contributed by atoms with E-state index in [-0.39, 0.29) is 16.1 Å². The van der Waals surface area contributed by atoms with E-state index in [1.54, 1.807) is 6.92 Å². The molecule has 2 aromatic heterocycles. The molecule has 2 heterocycles. The summed E-state index contributed by atoms with van der Waals surface area (Å²) in [6.45, 7) is 1.66. The minimum atomic E-state index is -3.90. The van der Waals surface area contributed by atoms with Crippen molar-refractivity contribution in [2.24, 2.45) is 7.05 Å². The van der Waals surface area contributed by atoms with Gasteiger partial charge in [-0.15, -0.1) is 0 Å². The van der Waals surface area contributed by atoms with Crippen molar-refractivity contribution < 1.29 is 12.8 Å². The number of anilines is 1. The first-order valence-electron chi connectivity index (χ1n) is 6.62. The van der Waals surface area contributed by atoms with Gasteiger partial charge in [-0.05, 0) is 37.3 Å². The Morgan fingerprint density at radius 1 is 1.22 bits per heavy atom. The molecule has 3 aromatic rings. The topological polar surface area (TPSA) is 85.5 Å². The zero-order valence-electron chi connectivity index (χ0n) is 12.3. The Morgan fingerprint density at radius 2 is 1.87 bits per heavy atom. The Balaban J connectivity index is 2.08. The highest BCUT2D eigenvalue weighted by atomic mass is 32.2. The van der Waals surface area contributed by atoms with Gasteiger partial charge in [-0.1, -0.05) is 0 Å². The summed E-state index contributed by atoms with van der Waals surface area (Å²) >= 11 is 0. The van der Waals surface area contributed by atoms with Crippen molar-refractivity contribution in [3.63, 3.8) is 0 Å². The molecule has 120 valence electrons. The van der Waals surface area contributed by atoms with Gasteiger partial charge in [0.1, 0.15) is 22.1 Å². The summed E-state index contributed by atoms with van der Waals surface area (Å²) in [5, 5.41) is 4.00. The van der Waals surface area contributed by atoms with Crippen molar-refractivity contribution in [2.75, 3.05) is 4.72 Å². The molecule has 7 nitrogen and oxygen atoms in total. The first-order chi connectivity index (χ1) is 10.8. The first-order valence-corrected chi connectivity index (χ1v) is 8.11. The number of rotatable bonds is 3. The highest BCUT2D eigenvalue weighted by Crippen LogP contribution is 2.18. The summed E-state index contributed by atoms with van der Waals surface area (Å²) < 4.78 is 42.6. The van der Waals surface area contributed by atoms with Crippen LogP contribution in [-0.4, -0.2) is 22.6 Å². The van der Waals surface area contributed by atoms with Crippen LogP contribution in [0.3, 0.4) is 0 Å². The second-order valence-corrected chi connectivity index (χ2v) is 6.70. The Hall–Kier alpha value is -2.68. The molecule has 3 rings (SSSR count). The number of aromatic nitrogens is 3. The van der Waals surface area contributed by atoms with Crippen LogP contribution < -0.4 is 10.3 Å². The van der Waals surface area contributed by atoms with E-state index in [2.05, 4.69) is 9.82 Å². The van der Waals surface area contributed by atoms with Gasteiger partial charge in [-0.2, -0.15) is 5.10 Å². The quantitative estimate of drug-likeness (QED) is 0.781. The Bertz CT molecular complexity index is 1050. The zero-order chi connectivity index (χ0) is 16.8. The van der Waals surface area contributed by atoms with E-state index in [4.69, 9.17) is 0 Å². The maximum Gasteiger partial charge on any atom is 0.290 e. The van der Waals surface area contributed by atoms with Crippen molar-refractivity contribution >= 4 is 21.2 Å². The molecule has 0 bridgehead atoms. The lowest BCUT2D eigenvalue weighted by Gasteiger charge is -2.05. The maximum atomic E-state index is 12.9. The molecule has 9 heteroatoms. The Kier molecular flexibility index (Phi) is 3.44. The lowest BCUT2D eigenvalue weighted by atomic mass is 10.3. The smallest absolute Gasteiger partial charge is 0.290 e. The lowest BCUT2D eigenvalue weighted by Crippen LogP contribution is -2.22. The zero-order valence-corrected chi connectivity index (χ0v) is 13.1. The SMILES string of the molecule is Cc1nn(C)c(=O)c2cc(S(=O)(=O)Nc3ccc(F)cc3)cn12.